The summed E-state index contributed by atoms with van der Waals surface area (Å²) in [7, 11) is 0. The molecule has 0 radical (unpaired) electrons. The molecule has 20 heavy (non-hydrogen) atoms. The summed E-state index contributed by atoms with van der Waals surface area (Å²) in [6.07, 6.45) is 12.3. The van der Waals surface area contributed by atoms with E-state index in [2.05, 4.69) is 66.7 Å². The zero-order valence-electron chi connectivity index (χ0n) is 12.3. The van der Waals surface area contributed by atoms with Gasteiger partial charge in [0.05, 0.1) is 6.54 Å². The second-order valence-corrected chi connectivity index (χ2v) is 4.60. The summed E-state index contributed by atoms with van der Waals surface area (Å²) in [5.41, 5.74) is 3.48. The monoisotopic (exact) mass is 265 g/mol. The summed E-state index contributed by atoms with van der Waals surface area (Å²) in [4.78, 5) is 4.60. The number of aliphatic imine (C=N–C) groups is 1. The van der Waals surface area contributed by atoms with E-state index in [9.17, 15) is 0 Å². The molecule has 1 heterocycles. The van der Waals surface area contributed by atoms with Gasteiger partial charge < -0.3 is 0 Å². The second kappa shape index (κ2) is 9.74. The van der Waals surface area contributed by atoms with Gasteiger partial charge in [0, 0.05) is 5.71 Å². The predicted octanol–water partition coefficient (Wildman–Crippen LogP) is 5.13. The highest BCUT2D eigenvalue weighted by atomic mass is 14.7. The lowest BCUT2D eigenvalue weighted by Crippen LogP contribution is -2.00. The Hall–Kier alpha value is -2.15. The molecule has 0 fully saturated rings. The average molecular weight is 265 g/mol. The van der Waals surface area contributed by atoms with Crippen molar-refractivity contribution in [2.24, 2.45) is 4.99 Å². The molecule has 0 saturated heterocycles. The zero-order chi connectivity index (χ0) is 14.6. The fraction of sp³-hybridized carbons (Fsp3) is 0.211. The summed E-state index contributed by atoms with van der Waals surface area (Å²) in [5, 5.41) is 0. The minimum Gasteiger partial charge on any atom is -0.285 e. The Labute approximate surface area is 122 Å². The molecule has 0 unspecified atom stereocenters. The normalized spacial score (nSPS) is 17.1. The van der Waals surface area contributed by atoms with Crippen molar-refractivity contribution in [2.75, 3.05) is 6.54 Å². The molecule has 0 saturated carbocycles. The summed E-state index contributed by atoms with van der Waals surface area (Å²) in [6, 6.07) is 10.4. The summed E-state index contributed by atoms with van der Waals surface area (Å²) >= 11 is 0. The Morgan fingerprint density at radius 2 is 1.80 bits per heavy atom. The Morgan fingerprint density at radius 3 is 2.45 bits per heavy atom. The van der Waals surface area contributed by atoms with Crippen molar-refractivity contribution in [1.29, 1.82) is 0 Å². The summed E-state index contributed by atoms with van der Waals surface area (Å²) in [6.45, 7) is 9.71. The number of rotatable bonds is 2. The fourth-order valence-corrected chi connectivity index (χ4v) is 1.64. The molecular weight excluding hydrogens is 242 g/mol. The maximum absolute atomic E-state index is 4.60. The fourth-order valence-electron chi connectivity index (χ4n) is 1.64. The van der Waals surface area contributed by atoms with E-state index in [1.807, 2.05) is 13.0 Å². The van der Waals surface area contributed by atoms with E-state index in [-0.39, 0.29) is 0 Å². The van der Waals surface area contributed by atoms with Crippen molar-refractivity contribution in [3.8, 4) is 0 Å². The second-order valence-electron chi connectivity index (χ2n) is 4.60. The van der Waals surface area contributed by atoms with Crippen LogP contribution in [0.4, 0.5) is 0 Å². The van der Waals surface area contributed by atoms with Gasteiger partial charge in [0.25, 0.3) is 0 Å². The minimum absolute atomic E-state index is 0.786. The van der Waals surface area contributed by atoms with E-state index in [0.29, 0.717) is 0 Å². The molecule has 1 aromatic rings. The van der Waals surface area contributed by atoms with E-state index in [1.165, 1.54) is 11.3 Å². The molecule has 0 N–H and O–H groups in total. The molecule has 0 aromatic heterocycles. The summed E-state index contributed by atoms with van der Waals surface area (Å²) in [5.74, 6) is 0. The van der Waals surface area contributed by atoms with Crippen LogP contribution in [0.1, 0.15) is 25.3 Å². The lowest BCUT2D eigenvalue weighted by atomic mass is 10.1. The van der Waals surface area contributed by atoms with Gasteiger partial charge in [-0.05, 0) is 25.3 Å². The van der Waals surface area contributed by atoms with Crippen LogP contribution < -0.4 is 0 Å². The molecule has 0 aliphatic carbocycles. The van der Waals surface area contributed by atoms with E-state index >= 15 is 0 Å². The van der Waals surface area contributed by atoms with E-state index in [4.69, 9.17) is 0 Å². The zero-order valence-corrected chi connectivity index (χ0v) is 12.3. The number of allylic oxidation sites excluding steroid dienone is 5. The molecule has 1 aromatic carbocycles. The number of hydrogen-bond acceptors (Lipinski definition) is 1. The maximum atomic E-state index is 4.60. The molecule has 1 heteroatoms. The van der Waals surface area contributed by atoms with E-state index in [0.717, 1.165) is 25.0 Å². The average Bonchev–Trinajstić information content (AvgIpc) is 2.62. The molecule has 0 bridgehead atoms. The van der Waals surface area contributed by atoms with Crippen molar-refractivity contribution < 1.29 is 0 Å². The Kier molecular flexibility index (Phi) is 7.74. The van der Waals surface area contributed by atoms with Crippen molar-refractivity contribution in [2.45, 2.75) is 19.8 Å². The Bertz CT molecular complexity index is 504. The molecule has 0 amide bonds. The van der Waals surface area contributed by atoms with E-state index < -0.39 is 0 Å². The first-order chi connectivity index (χ1) is 9.74. The van der Waals surface area contributed by atoms with Gasteiger partial charge in [0.15, 0.2) is 0 Å². The predicted molar refractivity (Wildman–Crippen MR) is 90.4 cm³/mol. The van der Waals surface area contributed by atoms with Crippen LogP contribution in [0.25, 0.3) is 0 Å². The van der Waals surface area contributed by atoms with Gasteiger partial charge in [-0.25, -0.2) is 0 Å². The topological polar surface area (TPSA) is 12.4 Å². The highest BCUT2D eigenvalue weighted by Crippen LogP contribution is 2.08. The number of hydrogen-bond donors (Lipinski definition) is 0. The van der Waals surface area contributed by atoms with Crippen LogP contribution in [0.3, 0.4) is 0 Å². The lowest BCUT2D eigenvalue weighted by molar-refractivity contribution is 1.08. The van der Waals surface area contributed by atoms with Gasteiger partial charge in [0.1, 0.15) is 0 Å². The van der Waals surface area contributed by atoms with Crippen molar-refractivity contribution >= 4 is 5.71 Å². The molecule has 1 nitrogen and oxygen atoms in total. The Morgan fingerprint density at radius 1 is 1.15 bits per heavy atom. The smallest absolute Gasteiger partial charge is 0.0576 e. The third-order valence-corrected chi connectivity index (χ3v) is 2.77. The molecule has 2 rings (SSSR count). The van der Waals surface area contributed by atoms with Gasteiger partial charge in [-0.2, -0.15) is 0 Å². The SMILES string of the molecule is C1=C\CCC(c2ccccc2)=NC\C=C/1.C=CC(=C)C. The van der Waals surface area contributed by atoms with Gasteiger partial charge >= 0.3 is 0 Å². The first-order valence-corrected chi connectivity index (χ1v) is 6.92. The highest BCUT2D eigenvalue weighted by molar-refractivity contribution is 6.00. The van der Waals surface area contributed by atoms with Crippen molar-refractivity contribution in [1.82, 2.24) is 0 Å². The van der Waals surface area contributed by atoms with Crippen LogP contribution in [0.2, 0.25) is 0 Å². The van der Waals surface area contributed by atoms with Crippen LogP contribution in [0.15, 0.2) is 84.4 Å². The van der Waals surface area contributed by atoms with Gasteiger partial charge in [-0.3, -0.25) is 4.99 Å². The third-order valence-electron chi connectivity index (χ3n) is 2.77. The lowest BCUT2D eigenvalue weighted by Gasteiger charge is -2.04. The van der Waals surface area contributed by atoms with E-state index in [1.54, 1.807) is 6.08 Å². The number of benzene rings is 1. The Balaban J connectivity index is 0.000000347. The van der Waals surface area contributed by atoms with Crippen molar-refractivity contribution in [3.05, 3.63) is 85.0 Å². The molecule has 0 atom stereocenters. The summed E-state index contributed by atoms with van der Waals surface area (Å²) < 4.78 is 0. The highest BCUT2D eigenvalue weighted by Gasteiger charge is 2.01. The third kappa shape index (κ3) is 6.69. The van der Waals surface area contributed by atoms with Crippen LogP contribution in [0, 0.1) is 0 Å². The molecular formula is C19H23N. The van der Waals surface area contributed by atoms with Crippen LogP contribution in [-0.4, -0.2) is 12.3 Å². The van der Waals surface area contributed by atoms with Gasteiger partial charge in [-0.15, -0.1) is 0 Å². The molecule has 1 aliphatic heterocycles. The first-order valence-electron chi connectivity index (χ1n) is 6.92. The molecule has 104 valence electrons. The maximum Gasteiger partial charge on any atom is 0.0576 e. The molecule has 0 spiro atoms. The van der Waals surface area contributed by atoms with Gasteiger partial charge in [-0.1, -0.05) is 79.4 Å². The standard InChI is InChI=1S/C14H15N.C5H8/c1-2-7-11-14(15-12-8-3-1)13-9-5-4-6-10-13;1-4-5(2)3/h1-6,8-10H,7,11-12H2;4H,1-2H2,3H3/b2-1-,8-3-,15-14?;. The van der Waals surface area contributed by atoms with Gasteiger partial charge in [0.2, 0.25) is 0 Å². The largest absolute Gasteiger partial charge is 0.285 e. The van der Waals surface area contributed by atoms with Crippen LogP contribution >= 0.6 is 0 Å². The van der Waals surface area contributed by atoms with Crippen molar-refractivity contribution in [3.63, 3.8) is 0 Å². The van der Waals surface area contributed by atoms with Crippen LogP contribution in [-0.2, 0) is 0 Å². The first kappa shape index (κ1) is 15.9. The minimum atomic E-state index is 0.786. The quantitative estimate of drug-likeness (QED) is 0.657. The molecule has 1 aliphatic rings. The number of nitrogens with zero attached hydrogens (tertiary/aromatic N) is 1. The van der Waals surface area contributed by atoms with Crippen LogP contribution in [0.5, 0.6) is 0 Å².